The minimum atomic E-state index is -1.21. The highest BCUT2D eigenvalue weighted by molar-refractivity contribution is 6.80. The van der Waals surface area contributed by atoms with Gasteiger partial charge in [-0.25, -0.2) is 14.4 Å². The molecule has 0 aliphatic heterocycles. The first kappa shape index (κ1) is 38.7. The second-order valence-corrected chi connectivity index (χ2v) is 11.3. The molecule has 5 N–H and O–H groups in total. The number of nitrogens with one attached hydrogen (secondary N) is 1. The summed E-state index contributed by atoms with van der Waals surface area (Å²) in [6.07, 6.45) is 0.473. The van der Waals surface area contributed by atoms with E-state index in [2.05, 4.69) is 10.1 Å². The first-order valence-corrected chi connectivity index (χ1v) is 13.3. The zero-order valence-electron chi connectivity index (χ0n) is 25.0. The number of hydrogen-bond acceptors (Lipinski definition) is 9. The summed E-state index contributed by atoms with van der Waals surface area (Å²) in [6, 6.07) is 16.2. The predicted octanol–water partition coefficient (Wildman–Crippen LogP) is 2.87. The third-order valence-corrected chi connectivity index (χ3v) is 4.80. The molecule has 2 aromatic rings. The Morgan fingerprint density at radius 1 is 0.721 bits per heavy atom. The fourth-order valence-electron chi connectivity index (χ4n) is 2.87. The van der Waals surface area contributed by atoms with Gasteiger partial charge >= 0.3 is 35.0 Å². The lowest BCUT2D eigenvalue weighted by atomic mass is 10.1. The van der Waals surface area contributed by atoms with Crippen LogP contribution in [0.5, 0.6) is 0 Å². The Morgan fingerprint density at radius 3 is 1.44 bits per heavy atom. The number of esters is 2. The molecular weight excluding hydrogens is 584 g/mol. The van der Waals surface area contributed by atoms with Crippen LogP contribution in [0.15, 0.2) is 60.7 Å². The van der Waals surface area contributed by atoms with Crippen LogP contribution in [0.25, 0.3) is 0 Å². The van der Waals surface area contributed by atoms with E-state index in [1.165, 1.54) is 0 Å². The van der Waals surface area contributed by atoms with E-state index >= 15 is 0 Å². The van der Waals surface area contributed by atoms with Crippen molar-refractivity contribution in [2.24, 2.45) is 5.73 Å². The summed E-state index contributed by atoms with van der Waals surface area (Å²) in [5, 5.41) is 18.7. The molecule has 0 fully saturated rings. The van der Waals surface area contributed by atoms with Gasteiger partial charge in [0, 0.05) is 6.42 Å². The van der Waals surface area contributed by atoms with Gasteiger partial charge in [0.1, 0.15) is 23.3 Å². The van der Waals surface area contributed by atoms with Crippen molar-refractivity contribution in [1.82, 2.24) is 5.32 Å². The number of rotatable bonds is 8. The molecule has 0 spiro atoms. The Hall–Kier alpha value is -4.29. The van der Waals surface area contributed by atoms with Gasteiger partial charge in [-0.05, 0) is 70.7 Å². The van der Waals surface area contributed by atoms with Crippen molar-refractivity contribution in [2.45, 2.75) is 77.7 Å². The number of aliphatic carboxylic acids is 2. The molecule has 12 nitrogen and oxygen atoms in total. The van der Waals surface area contributed by atoms with Crippen LogP contribution in [0.4, 0.5) is 0 Å². The minimum absolute atomic E-state index is 0.0880. The highest BCUT2D eigenvalue weighted by atomic mass is 35.5. The molecule has 0 radical (unpaired) electrons. The number of carbonyl (C=O) groups is 6. The minimum Gasteiger partial charge on any atom is -0.480 e. The van der Waals surface area contributed by atoms with Crippen molar-refractivity contribution in [3.05, 3.63) is 71.8 Å². The fourth-order valence-corrected chi connectivity index (χ4v) is 2.90. The molecular formula is C30H39ClN2O10. The van der Waals surface area contributed by atoms with Gasteiger partial charge in [-0.2, -0.15) is 0 Å². The number of benzene rings is 2. The molecule has 2 aromatic carbocycles. The van der Waals surface area contributed by atoms with Crippen LogP contribution >= 0.6 is 11.6 Å². The van der Waals surface area contributed by atoms with Gasteiger partial charge in [0.25, 0.3) is 0 Å². The molecule has 13 heteroatoms. The Morgan fingerprint density at radius 2 is 1.12 bits per heavy atom. The molecule has 2 rings (SSSR count). The Kier molecular flexibility index (Phi) is 16.5. The Labute approximate surface area is 255 Å². The van der Waals surface area contributed by atoms with Gasteiger partial charge in [-0.3, -0.25) is 14.4 Å². The number of amides is 1. The summed E-state index contributed by atoms with van der Waals surface area (Å²) in [7, 11) is 0. The van der Waals surface area contributed by atoms with Gasteiger partial charge in [-0.15, -0.1) is 0 Å². The van der Waals surface area contributed by atoms with Crippen LogP contribution in [0.1, 0.15) is 52.7 Å². The number of carboxylic acids is 2. The van der Waals surface area contributed by atoms with Gasteiger partial charge < -0.3 is 30.7 Å². The summed E-state index contributed by atoms with van der Waals surface area (Å²) < 4.78 is 9.47. The molecule has 1 amide bonds. The van der Waals surface area contributed by atoms with Crippen LogP contribution in [-0.4, -0.2) is 68.5 Å². The number of carbonyl (C=O) groups excluding carboxylic acids is 4. The normalized spacial score (nSPS) is 12.0. The molecule has 0 aromatic heterocycles. The molecule has 0 bridgehead atoms. The first-order valence-electron chi connectivity index (χ1n) is 13.0. The lowest BCUT2D eigenvalue weighted by molar-refractivity contribution is -0.164. The standard InChI is InChI=1S/C15H19NO5.C9H11NO2.C6H9ClO3/c1-15(2,3)21-14(20)12(17)16-11(13(18)19)9-10-7-5-4-6-8-10;10-8(9(11)12)6-7-4-2-1-3-5-7;1-6(2,3)10-5(9)4(7)8/h4-8,11H,9H2,1-3H3,(H,16,17)(H,18,19);1-5,8H,6,10H2,(H,11,12);1-3H3/t11-;8-;/m00./s1. The van der Waals surface area contributed by atoms with E-state index in [0.717, 1.165) is 11.1 Å². The molecule has 0 aliphatic carbocycles. The van der Waals surface area contributed by atoms with Crippen molar-refractivity contribution in [1.29, 1.82) is 0 Å². The molecule has 0 aliphatic rings. The quantitative estimate of drug-likeness (QED) is 0.192. The summed E-state index contributed by atoms with van der Waals surface area (Å²) in [4.78, 5) is 65.3. The fraction of sp³-hybridized carbons (Fsp3) is 0.400. The summed E-state index contributed by atoms with van der Waals surface area (Å²) in [5.41, 5.74) is 5.58. The van der Waals surface area contributed by atoms with Crippen molar-refractivity contribution in [3.63, 3.8) is 0 Å². The van der Waals surface area contributed by atoms with Gasteiger partial charge in [-0.1, -0.05) is 60.7 Å². The number of ether oxygens (including phenoxy) is 2. The lowest BCUT2D eigenvalue weighted by Gasteiger charge is -2.20. The summed E-state index contributed by atoms with van der Waals surface area (Å²) in [5.74, 6) is -5.33. The number of halogens is 1. The smallest absolute Gasteiger partial charge is 0.397 e. The van der Waals surface area contributed by atoms with Crippen LogP contribution in [0.2, 0.25) is 0 Å². The molecule has 0 saturated carbocycles. The molecule has 2 atom stereocenters. The van der Waals surface area contributed by atoms with Gasteiger partial charge in [0.15, 0.2) is 0 Å². The maximum atomic E-state index is 11.7. The second-order valence-electron chi connectivity index (χ2n) is 11.0. The first-order chi connectivity index (χ1) is 19.7. The van der Waals surface area contributed by atoms with E-state index in [0.29, 0.717) is 6.42 Å². The van der Waals surface area contributed by atoms with Crippen LogP contribution < -0.4 is 11.1 Å². The van der Waals surface area contributed by atoms with Crippen molar-refractivity contribution < 1.29 is 48.5 Å². The van der Waals surface area contributed by atoms with E-state index in [-0.39, 0.29) is 6.42 Å². The molecule has 43 heavy (non-hydrogen) atoms. The van der Waals surface area contributed by atoms with Crippen LogP contribution in [0.3, 0.4) is 0 Å². The summed E-state index contributed by atoms with van der Waals surface area (Å²) >= 11 is 4.82. The maximum Gasteiger partial charge on any atom is 0.397 e. The van der Waals surface area contributed by atoms with Gasteiger partial charge in [0.2, 0.25) is 0 Å². The van der Waals surface area contributed by atoms with Crippen LogP contribution in [-0.2, 0) is 51.1 Å². The SMILES string of the molecule is CC(C)(C)OC(=O)C(=O)Cl.CC(C)(C)OC(=O)C(=O)N[C@@H](Cc1ccccc1)C(=O)O.N[C@@H](Cc1ccccc1)C(=O)O. The van der Waals surface area contributed by atoms with Crippen molar-refractivity contribution in [3.8, 4) is 0 Å². The zero-order valence-corrected chi connectivity index (χ0v) is 25.7. The average Bonchev–Trinajstić information content (AvgIpc) is 2.88. The predicted molar refractivity (Wildman–Crippen MR) is 158 cm³/mol. The lowest BCUT2D eigenvalue weighted by Crippen LogP contribution is -2.46. The van der Waals surface area contributed by atoms with Crippen molar-refractivity contribution in [2.75, 3.05) is 0 Å². The highest BCUT2D eigenvalue weighted by Gasteiger charge is 2.28. The topological polar surface area (TPSA) is 199 Å². The summed E-state index contributed by atoms with van der Waals surface area (Å²) in [6.45, 7) is 9.84. The van der Waals surface area contributed by atoms with E-state index < -0.39 is 58.3 Å². The van der Waals surface area contributed by atoms with Gasteiger partial charge in [0.05, 0.1) is 0 Å². The Balaban J connectivity index is 0.000000678. The number of nitrogens with two attached hydrogens (primary N) is 1. The molecule has 0 saturated heterocycles. The highest BCUT2D eigenvalue weighted by Crippen LogP contribution is 2.09. The van der Waals surface area contributed by atoms with E-state index in [9.17, 15) is 28.8 Å². The largest absolute Gasteiger partial charge is 0.480 e. The number of hydrogen-bond donors (Lipinski definition) is 4. The Bertz CT molecular complexity index is 1220. The van der Waals surface area contributed by atoms with Crippen LogP contribution in [0, 0.1) is 0 Å². The second kappa shape index (κ2) is 18.3. The molecule has 236 valence electrons. The van der Waals surface area contributed by atoms with Crippen molar-refractivity contribution >= 4 is 46.6 Å². The average molecular weight is 623 g/mol. The zero-order chi connectivity index (χ0) is 33.4. The van der Waals surface area contributed by atoms with E-state index in [1.807, 2.05) is 30.3 Å². The van der Waals surface area contributed by atoms with E-state index in [1.54, 1.807) is 71.9 Å². The van der Waals surface area contributed by atoms with E-state index in [4.69, 9.17) is 32.3 Å². The monoisotopic (exact) mass is 622 g/mol. The molecule has 0 unspecified atom stereocenters. The molecule has 0 heterocycles. The third kappa shape index (κ3) is 19.5. The third-order valence-electron chi connectivity index (χ3n) is 4.65. The maximum absolute atomic E-state index is 11.7. The number of carboxylic acid groups (broad SMARTS) is 2.